The summed E-state index contributed by atoms with van der Waals surface area (Å²) in [5.74, 6) is 1.02. The Balaban J connectivity index is 2.24. The van der Waals surface area contributed by atoms with E-state index in [0.29, 0.717) is 29.7 Å². The highest BCUT2D eigenvalue weighted by molar-refractivity contribution is 5.72. The summed E-state index contributed by atoms with van der Waals surface area (Å²) < 4.78 is 5.67. The lowest BCUT2D eigenvalue weighted by molar-refractivity contribution is -0.384. The van der Waals surface area contributed by atoms with Crippen LogP contribution in [0.3, 0.4) is 0 Å². The fraction of sp³-hybridized carbons (Fsp3) is 0.400. The van der Waals surface area contributed by atoms with Gasteiger partial charge in [0.15, 0.2) is 11.7 Å². The Labute approximate surface area is 123 Å². The maximum Gasteiger partial charge on any atom is 0.280 e. The van der Waals surface area contributed by atoms with Crippen molar-refractivity contribution >= 4 is 5.69 Å². The minimum absolute atomic E-state index is 0.0398. The van der Waals surface area contributed by atoms with Gasteiger partial charge in [-0.1, -0.05) is 26.0 Å². The number of benzene rings is 1. The van der Waals surface area contributed by atoms with Crippen LogP contribution in [-0.4, -0.2) is 22.5 Å². The quantitative estimate of drug-likeness (QED) is 0.652. The summed E-state index contributed by atoms with van der Waals surface area (Å²) in [5, 5.41) is 14.4. The Morgan fingerprint density at radius 1 is 1.43 bits per heavy atom. The normalized spacial score (nSPS) is 11.0. The molecule has 21 heavy (non-hydrogen) atoms. The molecule has 0 atom stereocenters. The molecular formula is C15H19N3O3. The third-order valence-electron chi connectivity index (χ3n) is 3.14. The molecule has 0 radical (unpaired) electrons. The van der Waals surface area contributed by atoms with E-state index >= 15 is 0 Å². The summed E-state index contributed by atoms with van der Waals surface area (Å²) in [5.41, 5.74) is 1.34. The number of nitrogens with zero attached hydrogens (tertiary/aromatic N) is 2. The summed E-state index contributed by atoms with van der Waals surface area (Å²) in [6.45, 7) is 6.72. The highest BCUT2D eigenvalue weighted by atomic mass is 16.6. The second kappa shape index (κ2) is 6.49. The van der Waals surface area contributed by atoms with Gasteiger partial charge in [-0.2, -0.15) is 0 Å². The van der Waals surface area contributed by atoms with Crippen LogP contribution in [0.4, 0.5) is 5.69 Å². The van der Waals surface area contributed by atoms with Crippen LogP contribution < -0.4 is 5.32 Å². The highest BCUT2D eigenvalue weighted by Gasteiger charge is 2.20. The minimum atomic E-state index is -0.398. The second-order valence-corrected chi connectivity index (χ2v) is 5.20. The summed E-state index contributed by atoms with van der Waals surface area (Å²) in [4.78, 5) is 14.9. The van der Waals surface area contributed by atoms with E-state index in [1.807, 2.05) is 13.0 Å². The van der Waals surface area contributed by atoms with Gasteiger partial charge in [0.25, 0.3) is 5.69 Å². The van der Waals surface area contributed by atoms with Crippen LogP contribution in [0.5, 0.6) is 0 Å². The number of aryl methyl sites for hydroxylation is 1. The molecule has 6 heteroatoms. The number of hydrogen-bond donors (Lipinski definition) is 1. The first-order valence-corrected chi connectivity index (χ1v) is 6.91. The third-order valence-corrected chi connectivity index (χ3v) is 3.14. The van der Waals surface area contributed by atoms with Gasteiger partial charge in [0, 0.05) is 25.1 Å². The van der Waals surface area contributed by atoms with Crippen molar-refractivity contribution in [1.29, 1.82) is 0 Å². The van der Waals surface area contributed by atoms with Crippen LogP contribution >= 0.6 is 0 Å². The smallest absolute Gasteiger partial charge is 0.280 e. The largest absolute Gasteiger partial charge is 0.440 e. The van der Waals surface area contributed by atoms with Gasteiger partial charge in [-0.15, -0.1) is 0 Å². The third kappa shape index (κ3) is 3.66. The Morgan fingerprint density at radius 3 is 2.86 bits per heavy atom. The lowest BCUT2D eigenvalue weighted by atomic mass is 10.1. The number of nitro groups is 1. The van der Waals surface area contributed by atoms with Gasteiger partial charge in [0.05, 0.1) is 16.7 Å². The van der Waals surface area contributed by atoms with E-state index in [9.17, 15) is 10.1 Å². The van der Waals surface area contributed by atoms with Crippen molar-refractivity contribution in [1.82, 2.24) is 10.3 Å². The van der Waals surface area contributed by atoms with Crippen LogP contribution in [0, 0.1) is 17.0 Å². The van der Waals surface area contributed by atoms with E-state index in [1.165, 1.54) is 6.07 Å². The van der Waals surface area contributed by atoms with Gasteiger partial charge in [-0.3, -0.25) is 10.1 Å². The molecule has 0 fully saturated rings. The monoisotopic (exact) mass is 289 g/mol. The molecule has 1 N–H and O–H groups in total. The van der Waals surface area contributed by atoms with Crippen molar-refractivity contribution in [2.45, 2.75) is 33.2 Å². The molecule has 2 rings (SSSR count). The maximum absolute atomic E-state index is 11.1. The maximum atomic E-state index is 11.1. The molecule has 0 amide bonds. The summed E-state index contributed by atoms with van der Waals surface area (Å²) in [6.07, 6.45) is 2.21. The van der Waals surface area contributed by atoms with E-state index in [0.717, 1.165) is 12.1 Å². The lowest BCUT2D eigenvalue weighted by Gasteiger charge is -2.05. The summed E-state index contributed by atoms with van der Waals surface area (Å²) >= 11 is 0. The van der Waals surface area contributed by atoms with Crippen LogP contribution in [-0.2, 0) is 6.42 Å². The van der Waals surface area contributed by atoms with Crippen LogP contribution in [0.25, 0.3) is 11.3 Å². The van der Waals surface area contributed by atoms with Crippen LogP contribution in [0.1, 0.15) is 25.3 Å². The van der Waals surface area contributed by atoms with Crippen molar-refractivity contribution in [3.05, 3.63) is 46.0 Å². The molecular weight excluding hydrogens is 270 g/mol. The summed E-state index contributed by atoms with van der Waals surface area (Å²) in [7, 11) is 0. The molecule has 0 aliphatic heterocycles. The van der Waals surface area contributed by atoms with Crippen molar-refractivity contribution in [3.8, 4) is 11.3 Å². The topological polar surface area (TPSA) is 81.2 Å². The van der Waals surface area contributed by atoms with Crippen molar-refractivity contribution in [2.75, 3.05) is 6.54 Å². The van der Waals surface area contributed by atoms with Crippen LogP contribution in [0.15, 0.2) is 28.8 Å². The van der Waals surface area contributed by atoms with Crippen molar-refractivity contribution < 1.29 is 9.34 Å². The fourth-order valence-corrected chi connectivity index (χ4v) is 2.13. The molecule has 2 aromatic rings. The highest BCUT2D eigenvalue weighted by Crippen LogP contribution is 2.33. The average Bonchev–Trinajstić information content (AvgIpc) is 2.86. The zero-order valence-corrected chi connectivity index (χ0v) is 12.4. The number of rotatable bonds is 6. The first-order valence-electron chi connectivity index (χ1n) is 6.91. The molecule has 0 spiro atoms. The Kier molecular flexibility index (Phi) is 4.70. The molecule has 1 heterocycles. The molecule has 0 saturated heterocycles. The van der Waals surface area contributed by atoms with E-state index in [-0.39, 0.29) is 5.69 Å². The molecule has 0 unspecified atom stereocenters. The Morgan fingerprint density at radius 2 is 2.19 bits per heavy atom. The van der Waals surface area contributed by atoms with Gasteiger partial charge in [-0.25, -0.2) is 4.98 Å². The van der Waals surface area contributed by atoms with Gasteiger partial charge in [0.2, 0.25) is 0 Å². The first kappa shape index (κ1) is 15.2. The lowest BCUT2D eigenvalue weighted by Crippen LogP contribution is -2.24. The zero-order chi connectivity index (χ0) is 15.4. The number of aromatic nitrogens is 1. The van der Waals surface area contributed by atoms with E-state index in [4.69, 9.17) is 4.42 Å². The Bertz CT molecular complexity index is 635. The molecule has 6 nitrogen and oxygen atoms in total. The SMILES string of the molecule is Cc1cccc([N+](=O)[O-])c1-c1cnc(CCNC(C)C)o1. The van der Waals surface area contributed by atoms with E-state index in [1.54, 1.807) is 12.3 Å². The van der Waals surface area contributed by atoms with Gasteiger partial charge >= 0.3 is 0 Å². The number of nitrogens with one attached hydrogen (secondary N) is 1. The predicted octanol–water partition coefficient (Wildman–Crippen LogP) is 3.10. The average molecular weight is 289 g/mol. The van der Waals surface area contributed by atoms with Gasteiger partial charge in [-0.05, 0) is 12.5 Å². The molecule has 1 aromatic carbocycles. The predicted molar refractivity (Wildman–Crippen MR) is 80.2 cm³/mol. The minimum Gasteiger partial charge on any atom is -0.440 e. The van der Waals surface area contributed by atoms with Gasteiger partial charge in [0.1, 0.15) is 0 Å². The van der Waals surface area contributed by atoms with Crippen molar-refractivity contribution in [3.63, 3.8) is 0 Å². The number of hydrogen-bond acceptors (Lipinski definition) is 5. The number of oxazole rings is 1. The zero-order valence-electron chi connectivity index (χ0n) is 12.4. The molecule has 0 bridgehead atoms. The Hall–Kier alpha value is -2.21. The second-order valence-electron chi connectivity index (χ2n) is 5.20. The number of nitro benzene ring substituents is 1. The first-order chi connectivity index (χ1) is 9.99. The standard InChI is InChI=1S/C15H19N3O3/c1-10(2)16-8-7-14-17-9-13(21-14)15-11(3)5-4-6-12(15)18(19)20/h4-6,9-10,16H,7-8H2,1-3H3. The summed E-state index contributed by atoms with van der Waals surface area (Å²) in [6, 6.07) is 5.37. The molecule has 0 saturated carbocycles. The van der Waals surface area contributed by atoms with E-state index < -0.39 is 4.92 Å². The van der Waals surface area contributed by atoms with Gasteiger partial charge < -0.3 is 9.73 Å². The van der Waals surface area contributed by atoms with E-state index in [2.05, 4.69) is 24.1 Å². The fourth-order valence-electron chi connectivity index (χ4n) is 2.13. The molecule has 0 aliphatic rings. The van der Waals surface area contributed by atoms with Crippen molar-refractivity contribution in [2.24, 2.45) is 0 Å². The molecule has 1 aromatic heterocycles. The molecule has 0 aliphatic carbocycles. The molecule has 112 valence electrons. The van der Waals surface area contributed by atoms with Crippen LogP contribution in [0.2, 0.25) is 0 Å².